The molecule has 1 unspecified atom stereocenters. The molecule has 2 amide bonds. The van der Waals surface area contributed by atoms with E-state index < -0.39 is 6.10 Å². The van der Waals surface area contributed by atoms with Crippen molar-refractivity contribution < 1.29 is 23.8 Å². The Morgan fingerprint density at radius 3 is 2.41 bits per heavy atom. The van der Waals surface area contributed by atoms with Crippen molar-refractivity contribution in [2.24, 2.45) is 0 Å². The van der Waals surface area contributed by atoms with E-state index >= 15 is 0 Å². The Labute approximate surface area is 158 Å². The Balaban J connectivity index is 1.85. The standard InChI is InChI=1S/C20H24N2O5/c1-14(27-18-9-7-17(26-3)8-10-18)20(24)21-12-15-5-4-6-16(11-15)22-19(23)13-25-2/h4-11,14H,12-13H2,1-3H3,(H,21,24)(H,22,23). The first-order chi connectivity index (χ1) is 13.0. The highest BCUT2D eigenvalue weighted by atomic mass is 16.5. The van der Waals surface area contributed by atoms with E-state index in [1.807, 2.05) is 6.07 Å². The Bertz CT molecular complexity index is 761. The van der Waals surface area contributed by atoms with E-state index in [9.17, 15) is 9.59 Å². The van der Waals surface area contributed by atoms with Crippen molar-refractivity contribution in [2.45, 2.75) is 19.6 Å². The third-order valence-corrected chi connectivity index (χ3v) is 3.69. The molecule has 0 aliphatic heterocycles. The van der Waals surface area contributed by atoms with E-state index in [0.717, 1.165) is 11.3 Å². The van der Waals surface area contributed by atoms with Gasteiger partial charge >= 0.3 is 0 Å². The van der Waals surface area contributed by atoms with Gasteiger partial charge in [-0.15, -0.1) is 0 Å². The van der Waals surface area contributed by atoms with Crippen LogP contribution in [0.4, 0.5) is 5.69 Å². The third kappa shape index (κ3) is 6.63. The van der Waals surface area contributed by atoms with Crippen LogP contribution in [0.15, 0.2) is 48.5 Å². The second kappa shape index (κ2) is 10.2. The van der Waals surface area contributed by atoms with Crippen LogP contribution in [0, 0.1) is 0 Å². The molecule has 7 heteroatoms. The van der Waals surface area contributed by atoms with Crippen LogP contribution in [0.5, 0.6) is 11.5 Å². The predicted molar refractivity (Wildman–Crippen MR) is 102 cm³/mol. The van der Waals surface area contributed by atoms with E-state index in [1.54, 1.807) is 56.5 Å². The maximum Gasteiger partial charge on any atom is 0.261 e. The highest BCUT2D eigenvalue weighted by Gasteiger charge is 2.14. The molecule has 0 aromatic heterocycles. The number of rotatable bonds is 9. The van der Waals surface area contributed by atoms with E-state index in [4.69, 9.17) is 14.2 Å². The molecule has 2 aromatic rings. The van der Waals surface area contributed by atoms with Crippen molar-refractivity contribution in [3.8, 4) is 11.5 Å². The number of benzene rings is 2. The van der Waals surface area contributed by atoms with Crippen LogP contribution in [-0.4, -0.2) is 38.7 Å². The molecule has 0 fully saturated rings. The molecule has 1 atom stereocenters. The van der Waals surface area contributed by atoms with E-state index in [2.05, 4.69) is 10.6 Å². The quantitative estimate of drug-likeness (QED) is 0.706. The van der Waals surface area contributed by atoms with Crippen LogP contribution >= 0.6 is 0 Å². The van der Waals surface area contributed by atoms with Gasteiger partial charge in [0.25, 0.3) is 5.91 Å². The first-order valence-corrected chi connectivity index (χ1v) is 8.48. The van der Waals surface area contributed by atoms with Gasteiger partial charge in [0.15, 0.2) is 6.10 Å². The molecule has 0 radical (unpaired) electrons. The zero-order chi connectivity index (χ0) is 19.6. The fourth-order valence-corrected chi connectivity index (χ4v) is 2.33. The van der Waals surface area contributed by atoms with Crippen molar-refractivity contribution in [1.29, 1.82) is 0 Å². The minimum atomic E-state index is -0.650. The number of carbonyl (C=O) groups excluding carboxylic acids is 2. The smallest absolute Gasteiger partial charge is 0.261 e. The molecule has 2 rings (SSSR count). The van der Waals surface area contributed by atoms with Crippen molar-refractivity contribution in [3.63, 3.8) is 0 Å². The molecule has 0 aliphatic carbocycles. The van der Waals surface area contributed by atoms with Crippen LogP contribution in [0.1, 0.15) is 12.5 Å². The summed E-state index contributed by atoms with van der Waals surface area (Å²) in [6, 6.07) is 14.3. The molecule has 2 aromatic carbocycles. The second-order valence-electron chi connectivity index (χ2n) is 5.83. The molecule has 0 saturated heterocycles. The topological polar surface area (TPSA) is 85.9 Å². The molecule has 27 heavy (non-hydrogen) atoms. The maximum absolute atomic E-state index is 12.2. The Morgan fingerprint density at radius 1 is 1.04 bits per heavy atom. The first-order valence-electron chi connectivity index (χ1n) is 8.48. The normalized spacial score (nSPS) is 11.4. The van der Waals surface area contributed by atoms with Gasteiger partial charge in [-0.2, -0.15) is 0 Å². The van der Waals surface area contributed by atoms with E-state index in [-0.39, 0.29) is 18.4 Å². The van der Waals surface area contributed by atoms with Crippen molar-refractivity contribution >= 4 is 17.5 Å². The lowest BCUT2D eigenvalue weighted by Gasteiger charge is -2.15. The zero-order valence-electron chi connectivity index (χ0n) is 15.7. The van der Waals surface area contributed by atoms with Crippen molar-refractivity contribution in [3.05, 3.63) is 54.1 Å². The highest BCUT2D eigenvalue weighted by molar-refractivity contribution is 5.91. The fourth-order valence-electron chi connectivity index (χ4n) is 2.33. The number of carbonyl (C=O) groups is 2. The number of anilines is 1. The summed E-state index contributed by atoms with van der Waals surface area (Å²) in [6.07, 6.45) is -0.650. The second-order valence-corrected chi connectivity index (χ2v) is 5.83. The molecule has 0 heterocycles. The third-order valence-electron chi connectivity index (χ3n) is 3.69. The van der Waals surface area contributed by atoms with Gasteiger partial charge in [-0.25, -0.2) is 0 Å². The highest BCUT2D eigenvalue weighted by Crippen LogP contribution is 2.18. The summed E-state index contributed by atoms with van der Waals surface area (Å²) in [4.78, 5) is 23.8. The van der Waals surface area contributed by atoms with Gasteiger partial charge in [0.05, 0.1) is 7.11 Å². The minimum absolute atomic E-state index is 0.0127. The lowest BCUT2D eigenvalue weighted by atomic mass is 10.2. The molecule has 144 valence electrons. The fraction of sp³-hybridized carbons (Fsp3) is 0.300. The van der Waals surface area contributed by atoms with Gasteiger partial charge < -0.3 is 24.8 Å². The van der Waals surface area contributed by atoms with Gasteiger partial charge in [0, 0.05) is 19.3 Å². The lowest BCUT2D eigenvalue weighted by Crippen LogP contribution is -2.35. The predicted octanol–water partition coefficient (Wildman–Crippen LogP) is 2.36. The van der Waals surface area contributed by atoms with E-state index in [1.165, 1.54) is 7.11 Å². The van der Waals surface area contributed by atoms with Crippen molar-refractivity contribution in [2.75, 3.05) is 26.1 Å². The lowest BCUT2D eigenvalue weighted by molar-refractivity contribution is -0.127. The Morgan fingerprint density at radius 2 is 1.74 bits per heavy atom. The van der Waals surface area contributed by atoms with Gasteiger partial charge in [-0.1, -0.05) is 12.1 Å². The van der Waals surface area contributed by atoms with Gasteiger partial charge in [0.2, 0.25) is 5.91 Å². The van der Waals surface area contributed by atoms with E-state index in [0.29, 0.717) is 18.0 Å². The maximum atomic E-state index is 12.2. The number of hydrogen-bond donors (Lipinski definition) is 2. The number of ether oxygens (including phenoxy) is 3. The number of nitrogens with one attached hydrogen (secondary N) is 2. The van der Waals surface area contributed by atoms with Crippen LogP contribution < -0.4 is 20.1 Å². The van der Waals surface area contributed by atoms with Gasteiger partial charge in [-0.05, 0) is 48.9 Å². The number of hydrogen-bond acceptors (Lipinski definition) is 5. The molecule has 7 nitrogen and oxygen atoms in total. The monoisotopic (exact) mass is 372 g/mol. The molecule has 0 aliphatic rings. The molecule has 0 bridgehead atoms. The molecule has 2 N–H and O–H groups in total. The van der Waals surface area contributed by atoms with Crippen LogP contribution in [0.3, 0.4) is 0 Å². The number of amides is 2. The molecular formula is C20H24N2O5. The summed E-state index contributed by atoms with van der Waals surface area (Å²) >= 11 is 0. The SMILES string of the molecule is COCC(=O)Nc1cccc(CNC(=O)C(C)Oc2ccc(OC)cc2)c1. The zero-order valence-corrected chi connectivity index (χ0v) is 15.7. The van der Waals surface area contributed by atoms with Gasteiger partial charge in [-0.3, -0.25) is 9.59 Å². The summed E-state index contributed by atoms with van der Waals surface area (Å²) in [5.41, 5.74) is 1.50. The minimum Gasteiger partial charge on any atom is -0.497 e. The summed E-state index contributed by atoms with van der Waals surface area (Å²) < 4.78 is 15.5. The van der Waals surface area contributed by atoms with Crippen LogP contribution in [0.2, 0.25) is 0 Å². The van der Waals surface area contributed by atoms with Gasteiger partial charge in [0.1, 0.15) is 18.1 Å². The summed E-state index contributed by atoms with van der Waals surface area (Å²) in [5.74, 6) is 0.832. The van der Waals surface area contributed by atoms with Crippen molar-refractivity contribution in [1.82, 2.24) is 5.32 Å². The molecular weight excluding hydrogens is 348 g/mol. The molecule has 0 spiro atoms. The number of methoxy groups -OCH3 is 2. The average Bonchev–Trinajstić information content (AvgIpc) is 2.67. The average molecular weight is 372 g/mol. The molecule has 0 saturated carbocycles. The van der Waals surface area contributed by atoms with Crippen LogP contribution in [-0.2, 0) is 20.9 Å². The summed E-state index contributed by atoms with van der Waals surface area (Å²) in [5, 5.41) is 5.55. The summed E-state index contributed by atoms with van der Waals surface area (Å²) in [6.45, 7) is 1.99. The Hall–Kier alpha value is -3.06. The first kappa shape index (κ1) is 20.3. The Kier molecular flexibility index (Phi) is 7.63. The van der Waals surface area contributed by atoms with Crippen LogP contribution in [0.25, 0.3) is 0 Å². The largest absolute Gasteiger partial charge is 0.497 e. The summed E-state index contributed by atoms with van der Waals surface area (Å²) in [7, 11) is 3.05.